The van der Waals surface area contributed by atoms with E-state index in [4.69, 9.17) is 11.6 Å². The Bertz CT molecular complexity index is 707. The number of unbranched alkanes of at least 4 members (excludes halogenated alkanes) is 2. The van der Waals surface area contributed by atoms with Crippen molar-refractivity contribution in [3.63, 3.8) is 0 Å². The fraction of sp³-hybridized carbons (Fsp3) is 0.429. The van der Waals surface area contributed by atoms with Crippen molar-refractivity contribution >= 4 is 43.0 Å². The van der Waals surface area contributed by atoms with Crippen LogP contribution >= 0.6 is 22.9 Å². The SMILES string of the molecule is CCCCCNS(=O)(=O)c1sc2ccc(Cl)cc2c1C. The van der Waals surface area contributed by atoms with Crippen molar-refractivity contribution in [2.75, 3.05) is 6.54 Å². The highest BCUT2D eigenvalue weighted by atomic mass is 35.5. The number of halogens is 1. The van der Waals surface area contributed by atoms with E-state index in [1.165, 1.54) is 11.3 Å². The van der Waals surface area contributed by atoms with E-state index in [1.54, 1.807) is 6.07 Å². The van der Waals surface area contributed by atoms with Gasteiger partial charge in [0.2, 0.25) is 10.0 Å². The van der Waals surface area contributed by atoms with Gasteiger partial charge < -0.3 is 0 Å². The summed E-state index contributed by atoms with van der Waals surface area (Å²) in [5.74, 6) is 0. The van der Waals surface area contributed by atoms with Gasteiger partial charge in [0.15, 0.2) is 0 Å². The van der Waals surface area contributed by atoms with Crippen molar-refractivity contribution in [1.29, 1.82) is 0 Å². The molecule has 3 nitrogen and oxygen atoms in total. The van der Waals surface area contributed by atoms with E-state index in [1.807, 2.05) is 19.1 Å². The highest BCUT2D eigenvalue weighted by Gasteiger charge is 2.21. The number of benzene rings is 1. The number of fused-ring (bicyclic) bond motifs is 1. The summed E-state index contributed by atoms with van der Waals surface area (Å²) in [6, 6.07) is 5.47. The number of sulfonamides is 1. The van der Waals surface area contributed by atoms with E-state index in [0.29, 0.717) is 15.8 Å². The number of hydrogen-bond acceptors (Lipinski definition) is 3. The molecule has 0 amide bonds. The Balaban J connectivity index is 2.30. The maximum Gasteiger partial charge on any atom is 0.250 e. The molecule has 0 unspecified atom stereocenters. The molecule has 0 saturated carbocycles. The van der Waals surface area contributed by atoms with Gasteiger partial charge in [-0.05, 0) is 42.5 Å². The molecule has 0 aliphatic heterocycles. The van der Waals surface area contributed by atoms with Gasteiger partial charge >= 0.3 is 0 Å². The lowest BCUT2D eigenvalue weighted by molar-refractivity contribution is 0.577. The average molecular weight is 332 g/mol. The average Bonchev–Trinajstić information content (AvgIpc) is 2.73. The van der Waals surface area contributed by atoms with Crippen molar-refractivity contribution in [1.82, 2.24) is 4.72 Å². The van der Waals surface area contributed by atoms with Crippen LogP contribution in [0.25, 0.3) is 10.1 Å². The van der Waals surface area contributed by atoms with Crippen LogP contribution < -0.4 is 4.72 Å². The predicted molar refractivity (Wildman–Crippen MR) is 86.3 cm³/mol. The molecule has 1 N–H and O–H groups in total. The highest BCUT2D eigenvalue weighted by Crippen LogP contribution is 2.35. The Labute approximate surface area is 129 Å². The van der Waals surface area contributed by atoms with Crippen molar-refractivity contribution in [2.24, 2.45) is 0 Å². The largest absolute Gasteiger partial charge is 0.250 e. The third-order valence-electron chi connectivity index (χ3n) is 3.17. The fourth-order valence-corrected chi connectivity index (χ4v) is 5.11. The summed E-state index contributed by atoms with van der Waals surface area (Å²) in [7, 11) is -3.42. The standard InChI is InChI=1S/C14H18ClNO2S2/c1-3-4-5-8-16-20(17,18)14-10(2)12-9-11(15)6-7-13(12)19-14/h6-7,9,16H,3-5,8H2,1-2H3. The summed E-state index contributed by atoms with van der Waals surface area (Å²) >= 11 is 7.27. The van der Waals surface area contributed by atoms with Gasteiger partial charge in [0.1, 0.15) is 4.21 Å². The maximum absolute atomic E-state index is 12.3. The van der Waals surface area contributed by atoms with Gasteiger partial charge in [0.25, 0.3) is 0 Å². The molecule has 20 heavy (non-hydrogen) atoms. The minimum atomic E-state index is -3.42. The molecule has 0 radical (unpaired) electrons. The Morgan fingerprint density at radius 3 is 2.75 bits per heavy atom. The highest BCUT2D eigenvalue weighted by molar-refractivity contribution is 7.91. The van der Waals surface area contributed by atoms with Gasteiger partial charge in [-0.2, -0.15) is 0 Å². The van der Waals surface area contributed by atoms with Crippen LogP contribution in [0.3, 0.4) is 0 Å². The molecule has 1 aromatic carbocycles. The summed E-state index contributed by atoms with van der Waals surface area (Å²) in [6.45, 7) is 4.41. The van der Waals surface area contributed by atoms with Gasteiger partial charge in [0, 0.05) is 16.3 Å². The second-order valence-corrected chi connectivity index (χ2v) is 8.21. The lowest BCUT2D eigenvalue weighted by atomic mass is 10.2. The monoisotopic (exact) mass is 331 g/mol. The first-order valence-corrected chi connectivity index (χ1v) is 9.32. The Morgan fingerprint density at radius 2 is 2.05 bits per heavy atom. The van der Waals surface area contributed by atoms with Gasteiger partial charge in [-0.1, -0.05) is 31.4 Å². The first kappa shape index (κ1) is 15.8. The Morgan fingerprint density at radius 1 is 1.30 bits per heavy atom. The van der Waals surface area contributed by atoms with Crippen LogP contribution in [0.4, 0.5) is 0 Å². The molecule has 110 valence electrons. The van der Waals surface area contributed by atoms with E-state index in [9.17, 15) is 8.42 Å². The lowest BCUT2D eigenvalue weighted by Gasteiger charge is -2.05. The summed E-state index contributed by atoms with van der Waals surface area (Å²) in [4.78, 5) is 0. The summed E-state index contributed by atoms with van der Waals surface area (Å²) < 4.78 is 28.7. The molecule has 0 saturated heterocycles. The van der Waals surface area contributed by atoms with Crippen LogP contribution in [0, 0.1) is 6.92 Å². The van der Waals surface area contributed by atoms with E-state index in [-0.39, 0.29) is 0 Å². The number of hydrogen-bond donors (Lipinski definition) is 1. The first-order chi connectivity index (χ1) is 9.45. The third kappa shape index (κ3) is 3.34. The van der Waals surface area contributed by atoms with E-state index >= 15 is 0 Å². The Hall–Kier alpha value is -0.620. The van der Waals surface area contributed by atoms with Crippen molar-refractivity contribution in [3.05, 3.63) is 28.8 Å². The van der Waals surface area contributed by atoms with Gasteiger partial charge in [-0.25, -0.2) is 13.1 Å². The van der Waals surface area contributed by atoms with Crippen LogP contribution in [0.2, 0.25) is 5.02 Å². The molecule has 0 bridgehead atoms. The minimum Gasteiger partial charge on any atom is -0.210 e. The fourth-order valence-electron chi connectivity index (χ4n) is 2.07. The molecule has 0 atom stereocenters. The summed E-state index contributed by atoms with van der Waals surface area (Å²) in [5, 5.41) is 1.54. The molecule has 1 heterocycles. The van der Waals surface area contributed by atoms with Crippen molar-refractivity contribution in [3.8, 4) is 0 Å². The molecule has 1 aromatic heterocycles. The zero-order chi connectivity index (χ0) is 14.8. The zero-order valence-electron chi connectivity index (χ0n) is 11.6. The first-order valence-electron chi connectivity index (χ1n) is 6.64. The van der Waals surface area contributed by atoms with E-state index < -0.39 is 10.0 Å². The molecular formula is C14H18ClNO2S2. The predicted octanol–water partition coefficient (Wildman–Crippen LogP) is 4.33. The normalized spacial score (nSPS) is 12.2. The molecule has 0 aliphatic carbocycles. The Kier molecular flexibility index (Phi) is 5.07. The van der Waals surface area contributed by atoms with Crippen molar-refractivity contribution < 1.29 is 8.42 Å². The van der Waals surface area contributed by atoms with Gasteiger partial charge in [0.05, 0.1) is 0 Å². The van der Waals surface area contributed by atoms with Crippen LogP contribution in [0.5, 0.6) is 0 Å². The molecule has 0 aliphatic rings. The number of thiophene rings is 1. The molecular weight excluding hydrogens is 314 g/mol. The van der Waals surface area contributed by atoms with Crippen LogP contribution in [0.15, 0.2) is 22.4 Å². The van der Waals surface area contributed by atoms with Crippen molar-refractivity contribution in [2.45, 2.75) is 37.3 Å². The number of rotatable bonds is 6. The molecule has 2 rings (SSSR count). The zero-order valence-corrected chi connectivity index (χ0v) is 14.0. The quantitative estimate of drug-likeness (QED) is 0.801. The molecule has 6 heteroatoms. The third-order valence-corrected chi connectivity index (χ3v) is 6.76. The van der Waals surface area contributed by atoms with E-state index in [0.717, 1.165) is 34.9 Å². The molecule has 0 spiro atoms. The van der Waals surface area contributed by atoms with Gasteiger partial charge in [-0.3, -0.25) is 0 Å². The second-order valence-electron chi connectivity index (χ2n) is 4.76. The van der Waals surface area contributed by atoms with Crippen LogP contribution in [-0.4, -0.2) is 15.0 Å². The minimum absolute atomic E-state index is 0.395. The second kappa shape index (κ2) is 6.43. The van der Waals surface area contributed by atoms with Crippen LogP contribution in [0.1, 0.15) is 31.7 Å². The summed E-state index contributed by atoms with van der Waals surface area (Å²) in [6.07, 6.45) is 2.97. The van der Waals surface area contributed by atoms with Crippen LogP contribution in [-0.2, 0) is 10.0 Å². The van der Waals surface area contributed by atoms with E-state index in [2.05, 4.69) is 11.6 Å². The summed E-state index contributed by atoms with van der Waals surface area (Å²) in [5.41, 5.74) is 0.774. The lowest BCUT2D eigenvalue weighted by Crippen LogP contribution is -2.24. The smallest absolute Gasteiger partial charge is 0.210 e. The number of aryl methyl sites for hydroxylation is 1. The maximum atomic E-state index is 12.3. The van der Waals surface area contributed by atoms with Gasteiger partial charge in [-0.15, -0.1) is 11.3 Å². The number of nitrogens with one attached hydrogen (secondary N) is 1. The molecule has 2 aromatic rings. The molecule has 0 fully saturated rings. The topological polar surface area (TPSA) is 46.2 Å².